The molecule has 0 aliphatic carbocycles. The molecule has 4 rings (SSSR count). The van der Waals surface area contributed by atoms with E-state index in [1.165, 1.54) is 9.63 Å². The molecule has 4 nitrogen and oxygen atoms in total. The van der Waals surface area contributed by atoms with E-state index in [4.69, 9.17) is 9.47 Å². The number of hydrogen-bond donors (Lipinski definition) is 0. The Morgan fingerprint density at radius 1 is 1.10 bits per heavy atom. The van der Waals surface area contributed by atoms with Crippen LogP contribution in [-0.2, 0) is 0 Å². The standard InChI is InChI=1S/C14H7F2NO3Se/c15-8-2-4-11-12(13(8)16)14(18)17(21-11)7-1-3-9-10(5-7)20-6-19-9/h1-5H,6H2. The van der Waals surface area contributed by atoms with Gasteiger partial charge in [0.1, 0.15) is 0 Å². The number of ether oxygens (including phenoxy) is 2. The molecule has 7 heteroatoms. The van der Waals surface area contributed by atoms with Gasteiger partial charge in [-0.15, -0.1) is 0 Å². The first-order valence-electron chi connectivity index (χ1n) is 6.05. The van der Waals surface area contributed by atoms with Gasteiger partial charge in [-0.05, 0) is 0 Å². The van der Waals surface area contributed by atoms with Gasteiger partial charge in [0.05, 0.1) is 0 Å². The van der Waals surface area contributed by atoms with Gasteiger partial charge >= 0.3 is 122 Å². The van der Waals surface area contributed by atoms with Gasteiger partial charge in [-0.2, -0.15) is 0 Å². The van der Waals surface area contributed by atoms with E-state index < -0.39 is 31.9 Å². The summed E-state index contributed by atoms with van der Waals surface area (Å²) in [6, 6.07) is 7.57. The quantitative estimate of drug-likeness (QED) is 0.628. The maximum atomic E-state index is 13.8. The molecule has 0 amide bonds. The monoisotopic (exact) mass is 355 g/mol. The molecule has 2 aromatic carbocycles. The zero-order valence-corrected chi connectivity index (χ0v) is 12.1. The molecule has 0 N–H and O–H groups in total. The summed E-state index contributed by atoms with van der Waals surface area (Å²) in [7, 11) is 0. The molecule has 0 saturated carbocycles. The van der Waals surface area contributed by atoms with Gasteiger partial charge < -0.3 is 0 Å². The minimum atomic E-state index is -1.08. The van der Waals surface area contributed by atoms with Crippen molar-refractivity contribution in [2.45, 2.75) is 0 Å². The molecule has 0 unspecified atom stereocenters. The Hall–Kier alpha value is -2.11. The second kappa shape index (κ2) is 4.44. The summed E-state index contributed by atoms with van der Waals surface area (Å²) in [4.78, 5) is 12.3. The van der Waals surface area contributed by atoms with Crippen LogP contribution in [0.1, 0.15) is 0 Å². The van der Waals surface area contributed by atoms with E-state index in [-0.39, 0.29) is 12.2 Å². The normalized spacial score (nSPS) is 13.0. The summed E-state index contributed by atoms with van der Waals surface area (Å²) in [6.07, 6.45) is 0. The molecule has 2 heterocycles. The molecule has 0 atom stereocenters. The number of benzene rings is 2. The molecule has 1 aliphatic rings. The van der Waals surface area contributed by atoms with E-state index >= 15 is 0 Å². The number of nitrogens with zero attached hydrogens (tertiary/aromatic N) is 1. The van der Waals surface area contributed by atoms with Crippen LogP contribution in [0.15, 0.2) is 35.1 Å². The number of aromatic nitrogens is 1. The molecular weight excluding hydrogens is 347 g/mol. The van der Waals surface area contributed by atoms with Crippen molar-refractivity contribution in [3.63, 3.8) is 0 Å². The molecule has 106 valence electrons. The minimum absolute atomic E-state index is 0.137. The van der Waals surface area contributed by atoms with E-state index in [1.807, 2.05) is 0 Å². The number of halogens is 2. The second-order valence-corrected chi connectivity index (χ2v) is 6.53. The molecule has 3 aromatic rings. The van der Waals surface area contributed by atoms with Gasteiger partial charge in [-0.1, -0.05) is 0 Å². The van der Waals surface area contributed by atoms with Crippen molar-refractivity contribution < 1.29 is 18.3 Å². The molecule has 0 bridgehead atoms. The summed E-state index contributed by atoms with van der Waals surface area (Å²) in [5.74, 6) is -0.945. The van der Waals surface area contributed by atoms with Crippen LogP contribution in [-0.4, -0.2) is 25.1 Å². The van der Waals surface area contributed by atoms with E-state index in [1.54, 1.807) is 18.2 Å². The fourth-order valence-corrected chi connectivity index (χ4v) is 4.30. The first-order valence-corrected chi connectivity index (χ1v) is 7.67. The zero-order valence-electron chi connectivity index (χ0n) is 10.4. The molecule has 0 fully saturated rings. The van der Waals surface area contributed by atoms with Gasteiger partial charge in [0.25, 0.3) is 0 Å². The molecule has 1 aliphatic heterocycles. The third-order valence-electron chi connectivity index (χ3n) is 3.24. The van der Waals surface area contributed by atoms with Crippen LogP contribution in [0.3, 0.4) is 0 Å². The molecule has 0 radical (unpaired) electrons. The topological polar surface area (TPSA) is 40.5 Å². The fourth-order valence-electron chi connectivity index (χ4n) is 2.23. The van der Waals surface area contributed by atoms with Gasteiger partial charge in [-0.25, -0.2) is 0 Å². The maximum absolute atomic E-state index is 13.8. The van der Waals surface area contributed by atoms with Crippen molar-refractivity contribution >= 4 is 24.4 Å². The van der Waals surface area contributed by atoms with Gasteiger partial charge in [0.2, 0.25) is 0 Å². The van der Waals surface area contributed by atoms with E-state index in [0.717, 1.165) is 6.07 Å². The average molecular weight is 354 g/mol. The Bertz CT molecular complexity index is 932. The summed E-state index contributed by atoms with van der Waals surface area (Å²) < 4.78 is 39.5. The zero-order chi connectivity index (χ0) is 14.6. The Balaban J connectivity index is 1.97. The second-order valence-electron chi connectivity index (χ2n) is 4.46. The predicted molar refractivity (Wildman–Crippen MR) is 72.5 cm³/mol. The van der Waals surface area contributed by atoms with Crippen molar-refractivity contribution in [2.24, 2.45) is 0 Å². The van der Waals surface area contributed by atoms with Crippen LogP contribution >= 0.6 is 0 Å². The van der Waals surface area contributed by atoms with E-state index in [2.05, 4.69) is 0 Å². The predicted octanol–water partition coefficient (Wildman–Crippen LogP) is 2.05. The molecule has 0 saturated heterocycles. The Morgan fingerprint density at radius 2 is 1.90 bits per heavy atom. The molecular formula is C14H7F2NO3Se. The molecule has 1 aromatic heterocycles. The summed E-state index contributed by atoms with van der Waals surface area (Å²) in [5.41, 5.74) is 0.0566. The van der Waals surface area contributed by atoms with E-state index in [0.29, 0.717) is 21.4 Å². The van der Waals surface area contributed by atoms with Crippen molar-refractivity contribution in [1.29, 1.82) is 0 Å². The molecule has 0 spiro atoms. The third kappa shape index (κ3) is 1.81. The number of rotatable bonds is 1. The number of hydrogen-bond acceptors (Lipinski definition) is 3. The van der Waals surface area contributed by atoms with Crippen molar-refractivity contribution in [3.05, 3.63) is 52.3 Å². The fraction of sp³-hybridized carbons (Fsp3) is 0.0714. The first kappa shape index (κ1) is 12.6. The van der Waals surface area contributed by atoms with Crippen LogP contribution in [0.25, 0.3) is 15.3 Å². The third-order valence-corrected chi connectivity index (χ3v) is 5.53. The van der Waals surface area contributed by atoms with E-state index in [9.17, 15) is 13.6 Å². The van der Waals surface area contributed by atoms with Crippen LogP contribution in [0.4, 0.5) is 8.78 Å². The first-order chi connectivity index (χ1) is 10.1. The summed E-state index contributed by atoms with van der Waals surface area (Å²) in [5, 5.41) is -0.173. The Kier molecular flexibility index (Phi) is 2.67. The summed E-state index contributed by atoms with van der Waals surface area (Å²) >= 11 is -0.436. The van der Waals surface area contributed by atoms with Crippen LogP contribution in [0, 0.1) is 11.6 Å². The van der Waals surface area contributed by atoms with Crippen LogP contribution in [0.5, 0.6) is 11.5 Å². The molecule has 21 heavy (non-hydrogen) atoms. The van der Waals surface area contributed by atoms with Gasteiger partial charge in [0.15, 0.2) is 0 Å². The summed E-state index contributed by atoms with van der Waals surface area (Å²) in [6.45, 7) is 0.137. The van der Waals surface area contributed by atoms with Crippen molar-refractivity contribution in [3.8, 4) is 17.2 Å². The SMILES string of the molecule is O=c1c2c(F)c(F)ccc2[se]n1-c1ccc2c(c1)OCO2. The van der Waals surface area contributed by atoms with Crippen molar-refractivity contribution in [1.82, 2.24) is 3.56 Å². The van der Waals surface area contributed by atoms with Gasteiger partial charge in [0, 0.05) is 0 Å². The average Bonchev–Trinajstić information content (AvgIpc) is 3.07. The van der Waals surface area contributed by atoms with Crippen molar-refractivity contribution in [2.75, 3.05) is 6.79 Å². The number of fused-ring (bicyclic) bond motifs is 2. The van der Waals surface area contributed by atoms with Gasteiger partial charge in [-0.3, -0.25) is 0 Å². The van der Waals surface area contributed by atoms with Crippen LogP contribution < -0.4 is 15.0 Å². The Morgan fingerprint density at radius 3 is 2.76 bits per heavy atom. The van der Waals surface area contributed by atoms with Crippen LogP contribution in [0.2, 0.25) is 0 Å². The Labute approximate surface area is 123 Å².